The molecule has 1 aliphatic carbocycles. The quantitative estimate of drug-likeness (QED) is 0.815. The summed E-state index contributed by atoms with van der Waals surface area (Å²) in [5.41, 5.74) is 0. The standard InChI is InChI=1S/C16H28N2O4/c1-18(9-6-12-7-10-22-11-8-12)16(21)17-14-4-2-13(3-5-14)15(19)20/h12-14H,2-11H2,1H3,(H,17,21)(H,19,20). The van der Waals surface area contributed by atoms with Crippen LogP contribution in [0.1, 0.15) is 44.9 Å². The molecule has 0 bridgehead atoms. The number of hydrogen-bond donors (Lipinski definition) is 2. The maximum absolute atomic E-state index is 12.2. The van der Waals surface area contributed by atoms with E-state index in [2.05, 4.69) is 5.32 Å². The van der Waals surface area contributed by atoms with Crippen molar-refractivity contribution in [3.05, 3.63) is 0 Å². The molecule has 0 spiro atoms. The Kier molecular flexibility index (Phi) is 6.49. The van der Waals surface area contributed by atoms with E-state index in [-0.39, 0.29) is 18.0 Å². The van der Waals surface area contributed by atoms with E-state index >= 15 is 0 Å². The van der Waals surface area contributed by atoms with Crippen LogP contribution in [0.2, 0.25) is 0 Å². The zero-order valence-electron chi connectivity index (χ0n) is 13.4. The molecule has 2 aliphatic rings. The van der Waals surface area contributed by atoms with Gasteiger partial charge in [0.05, 0.1) is 5.92 Å². The van der Waals surface area contributed by atoms with Crippen molar-refractivity contribution in [2.24, 2.45) is 11.8 Å². The first-order chi connectivity index (χ1) is 10.6. The highest BCUT2D eigenvalue weighted by Crippen LogP contribution is 2.24. The highest BCUT2D eigenvalue weighted by molar-refractivity contribution is 5.74. The van der Waals surface area contributed by atoms with Crippen molar-refractivity contribution in [1.29, 1.82) is 0 Å². The van der Waals surface area contributed by atoms with Gasteiger partial charge in [0.15, 0.2) is 0 Å². The fraction of sp³-hybridized carbons (Fsp3) is 0.875. The third-order valence-electron chi connectivity index (χ3n) is 4.96. The van der Waals surface area contributed by atoms with Crippen molar-refractivity contribution >= 4 is 12.0 Å². The molecule has 1 heterocycles. The van der Waals surface area contributed by atoms with E-state index in [0.29, 0.717) is 18.8 Å². The van der Waals surface area contributed by atoms with Crippen LogP contribution < -0.4 is 5.32 Å². The molecule has 6 nitrogen and oxygen atoms in total. The molecule has 0 unspecified atom stereocenters. The second kappa shape index (κ2) is 8.36. The van der Waals surface area contributed by atoms with Gasteiger partial charge in [0, 0.05) is 32.8 Å². The second-order valence-corrected chi connectivity index (χ2v) is 6.60. The van der Waals surface area contributed by atoms with Gasteiger partial charge in [-0.1, -0.05) is 0 Å². The predicted molar refractivity (Wildman–Crippen MR) is 82.7 cm³/mol. The third kappa shape index (κ3) is 5.16. The second-order valence-electron chi connectivity index (χ2n) is 6.60. The number of carbonyl (C=O) groups excluding carboxylic acids is 1. The number of nitrogens with one attached hydrogen (secondary N) is 1. The highest BCUT2D eigenvalue weighted by atomic mass is 16.5. The Labute approximate surface area is 132 Å². The van der Waals surface area contributed by atoms with Crippen LogP contribution in [0.5, 0.6) is 0 Å². The van der Waals surface area contributed by atoms with Crippen molar-refractivity contribution in [2.45, 2.75) is 51.0 Å². The fourth-order valence-corrected chi connectivity index (χ4v) is 3.28. The molecule has 1 saturated carbocycles. The Balaban J connectivity index is 1.64. The summed E-state index contributed by atoms with van der Waals surface area (Å²) in [7, 11) is 1.83. The molecule has 0 aromatic rings. The van der Waals surface area contributed by atoms with E-state index < -0.39 is 5.97 Å². The van der Waals surface area contributed by atoms with Crippen molar-refractivity contribution in [3.63, 3.8) is 0 Å². The Morgan fingerprint density at radius 1 is 1.14 bits per heavy atom. The number of hydrogen-bond acceptors (Lipinski definition) is 3. The van der Waals surface area contributed by atoms with Gasteiger partial charge in [-0.3, -0.25) is 4.79 Å². The number of urea groups is 1. The molecule has 2 rings (SSSR count). The molecule has 6 heteroatoms. The molecule has 0 aromatic heterocycles. The van der Waals surface area contributed by atoms with Crippen LogP contribution in [0, 0.1) is 11.8 Å². The minimum atomic E-state index is -0.710. The van der Waals surface area contributed by atoms with Gasteiger partial charge in [0.25, 0.3) is 0 Å². The maximum atomic E-state index is 12.2. The Morgan fingerprint density at radius 3 is 2.36 bits per heavy atom. The number of carbonyl (C=O) groups is 2. The van der Waals surface area contributed by atoms with Crippen molar-refractivity contribution in [1.82, 2.24) is 10.2 Å². The van der Waals surface area contributed by atoms with Gasteiger partial charge in [-0.25, -0.2) is 4.79 Å². The summed E-state index contributed by atoms with van der Waals surface area (Å²) >= 11 is 0. The van der Waals surface area contributed by atoms with Gasteiger partial charge in [-0.15, -0.1) is 0 Å². The van der Waals surface area contributed by atoms with Crippen LogP contribution in [0.4, 0.5) is 4.79 Å². The highest BCUT2D eigenvalue weighted by Gasteiger charge is 2.27. The predicted octanol–water partition coefficient (Wildman–Crippen LogP) is 2.09. The van der Waals surface area contributed by atoms with E-state index in [0.717, 1.165) is 51.9 Å². The SMILES string of the molecule is CN(CCC1CCOCC1)C(=O)NC1CCC(C(=O)O)CC1. The van der Waals surface area contributed by atoms with Gasteiger partial charge < -0.3 is 20.1 Å². The van der Waals surface area contributed by atoms with Gasteiger partial charge in [0.1, 0.15) is 0 Å². The molecular formula is C16H28N2O4. The van der Waals surface area contributed by atoms with E-state index in [1.54, 1.807) is 4.90 Å². The van der Waals surface area contributed by atoms with Crippen molar-refractivity contribution in [2.75, 3.05) is 26.8 Å². The molecule has 0 radical (unpaired) electrons. The normalized spacial score (nSPS) is 26.4. The van der Waals surface area contributed by atoms with Crippen LogP contribution in [-0.2, 0) is 9.53 Å². The minimum absolute atomic E-state index is 0.0363. The summed E-state index contributed by atoms with van der Waals surface area (Å²) in [5, 5.41) is 12.0. The first-order valence-corrected chi connectivity index (χ1v) is 8.38. The maximum Gasteiger partial charge on any atom is 0.317 e. The summed E-state index contributed by atoms with van der Waals surface area (Å²) in [6.07, 6.45) is 6.05. The molecule has 1 saturated heterocycles. The molecule has 2 fully saturated rings. The lowest BCUT2D eigenvalue weighted by molar-refractivity contribution is -0.142. The molecule has 22 heavy (non-hydrogen) atoms. The summed E-state index contributed by atoms with van der Waals surface area (Å²) in [4.78, 5) is 24.8. The third-order valence-corrected chi connectivity index (χ3v) is 4.96. The lowest BCUT2D eigenvalue weighted by Gasteiger charge is -2.29. The summed E-state index contributed by atoms with van der Waals surface area (Å²) in [6, 6.07) is 0.0828. The lowest BCUT2D eigenvalue weighted by atomic mass is 9.86. The molecule has 2 N–H and O–H groups in total. The first-order valence-electron chi connectivity index (χ1n) is 8.38. The van der Waals surface area contributed by atoms with Crippen LogP contribution >= 0.6 is 0 Å². The van der Waals surface area contributed by atoms with Gasteiger partial charge in [-0.2, -0.15) is 0 Å². The van der Waals surface area contributed by atoms with E-state index in [9.17, 15) is 9.59 Å². The Hall–Kier alpha value is -1.30. The summed E-state index contributed by atoms with van der Waals surface area (Å²) in [5.74, 6) is -0.284. The van der Waals surface area contributed by atoms with Crippen molar-refractivity contribution in [3.8, 4) is 0 Å². The summed E-state index contributed by atoms with van der Waals surface area (Å²) in [6.45, 7) is 2.45. The van der Waals surface area contributed by atoms with Crippen LogP contribution in [0.15, 0.2) is 0 Å². The Bertz CT molecular complexity index is 374. The monoisotopic (exact) mass is 312 g/mol. The molecule has 1 aliphatic heterocycles. The molecule has 2 amide bonds. The molecular weight excluding hydrogens is 284 g/mol. The number of amides is 2. The zero-order chi connectivity index (χ0) is 15.9. The Morgan fingerprint density at radius 2 is 1.77 bits per heavy atom. The molecule has 0 atom stereocenters. The van der Waals surface area contributed by atoms with Crippen molar-refractivity contribution < 1.29 is 19.4 Å². The number of aliphatic carboxylic acids is 1. The largest absolute Gasteiger partial charge is 0.481 e. The van der Waals surface area contributed by atoms with Gasteiger partial charge in [-0.05, 0) is 50.9 Å². The number of rotatable bonds is 5. The van der Waals surface area contributed by atoms with Crippen LogP contribution in [0.3, 0.4) is 0 Å². The fourth-order valence-electron chi connectivity index (χ4n) is 3.28. The van der Waals surface area contributed by atoms with Gasteiger partial charge >= 0.3 is 12.0 Å². The minimum Gasteiger partial charge on any atom is -0.481 e. The molecule has 0 aromatic carbocycles. The van der Waals surface area contributed by atoms with Crippen LogP contribution in [-0.4, -0.2) is 54.9 Å². The first kappa shape index (κ1) is 17.1. The zero-order valence-corrected chi connectivity index (χ0v) is 13.4. The smallest absolute Gasteiger partial charge is 0.317 e. The van der Waals surface area contributed by atoms with E-state index in [4.69, 9.17) is 9.84 Å². The summed E-state index contributed by atoms with van der Waals surface area (Å²) < 4.78 is 5.35. The van der Waals surface area contributed by atoms with Crippen LogP contribution in [0.25, 0.3) is 0 Å². The topological polar surface area (TPSA) is 78.9 Å². The lowest BCUT2D eigenvalue weighted by Crippen LogP contribution is -2.45. The van der Waals surface area contributed by atoms with E-state index in [1.807, 2.05) is 7.05 Å². The average Bonchev–Trinajstić information content (AvgIpc) is 2.54. The number of nitrogens with zero attached hydrogens (tertiary/aromatic N) is 1. The number of carboxylic acid groups (broad SMARTS) is 1. The number of ether oxygens (including phenoxy) is 1. The molecule has 126 valence electrons. The van der Waals surface area contributed by atoms with Gasteiger partial charge in [0.2, 0.25) is 0 Å². The van der Waals surface area contributed by atoms with E-state index in [1.165, 1.54) is 0 Å². The number of carboxylic acids is 1. The average molecular weight is 312 g/mol.